The van der Waals surface area contributed by atoms with Gasteiger partial charge in [0.2, 0.25) is 0 Å². The molecule has 7 saturated heterocycles. The van der Waals surface area contributed by atoms with Crippen molar-refractivity contribution in [2.24, 2.45) is 0 Å². The van der Waals surface area contributed by atoms with Crippen molar-refractivity contribution in [3.8, 4) is 0 Å². The van der Waals surface area contributed by atoms with Crippen molar-refractivity contribution in [3.63, 3.8) is 0 Å². The average molecular weight is 1330 g/mol. The molecule has 7 fully saturated rings. The minimum Gasteiger partial charge on any atom is -0.394 e. The first kappa shape index (κ1) is 69.4. The summed E-state index contributed by atoms with van der Waals surface area (Å²) < 4.78 is 82.3. The van der Waals surface area contributed by atoms with Gasteiger partial charge in [-0.2, -0.15) is 0 Å². The Kier molecular flexibility index (Phi) is 23.1. The second-order valence-corrected chi connectivity index (χ2v) is 24.3. The lowest BCUT2D eigenvalue weighted by molar-refractivity contribution is -0.395. The maximum atomic E-state index is 13.6. The molecule has 18 heterocycles. The van der Waals surface area contributed by atoms with Gasteiger partial charge in [0.15, 0.2) is 44.0 Å². The highest BCUT2D eigenvalue weighted by atomic mass is 32.2. The van der Waals surface area contributed by atoms with Crippen molar-refractivity contribution in [3.05, 3.63) is 24.3 Å². The Bertz CT molecular complexity index is 2460. The van der Waals surface area contributed by atoms with Crippen LogP contribution in [-0.4, -0.2) is 367 Å². The third-order valence-corrected chi connectivity index (χ3v) is 18.3. The van der Waals surface area contributed by atoms with Gasteiger partial charge in [-0.3, -0.25) is 9.59 Å². The summed E-state index contributed by atoms with van der Waals surface area (Å²) in [6.07, 6.45) is -71.4. The third-order valence-electron chi connectivity index (χ3n) is 16.6. The van der Waals surface area contributed by atoms with Crippen molar-refractivity contribution < 1.29 is 173 Å². The van der Waals surface area contributed by atoms with Gasteiger partial charge in [-0.15, -0.1) is 0 Å². The number of anilines is 2. The Morgan fingerprint density at radius 2 is 0.483 bits per heavy atom. The van der Waals surface area contributed by atoms with Crippen molar-refractivity contribution in [2.75, 3.05) is 55.2 Å². The van der Waals surface area contributed by atoms with E-state index in [1.807, 2.05) is 0 Å². The summed E-state index contributed by atoms with van der Waals surface area (Å²) in [5.74, 6) is -1.10. The quantitative estimate of drug-likeness (QED) is 0.130. The van der Waals surface area contributed by atoms with Crippen LogP contribution in [0.1, 0.15) is 0 Å². The summed E-state index contributed by atoms with van der Waals surface area (Å²) in [6, 6.07) is 5.47. The summed E-state index contributed by atoms with van der Waals surface area (Å²) in [7, 11) is 0. The fraction of sp³-hybridized carbons (Fsp3) is 0.840. The molecule has 1 aromatic carbocycles. The summed E-state index contributed by atoms with van der Waals surface area (Å²) in [5.41, 5.74) is 0.282. The SMILES string of the molecule is O=C1Nc2ccc(cc2)NC(=O)SC[C@H]2O[C@@H]3O[C@H]4C(O)C(O)[C@H](O[C@@H]4CO)O[C@H]4C(O)C(O)[C@H](O[C@@H]4CO)O[C@H]4C(O)C(O)[C@H](O[C@@H]4CO)O[C@H]4C(O)C(O)[C@H](O[C@@H]4CS1)O[C@H]1C(O)C(O)[C@H](O[C@@H]1CO)O[C@H]1C(O)C(O)[C@H](O[C@@H]1CO)O[C@H]2C(O)C3O. The third kappa shape index (κ3) is 14.4. The molecular weight excluding hydrogens is 1250 g/mol. The van der Waals surface area contributed by atoms with Crippen LogP contribution in [0.25, 0.3) is 0 Å². The summed E-state index contributed by atoms with van der Waals surface area (Å²) in [6.45, 7) is -5.35. The molecule has 35 atom stereocenters. The van der Waals surface area contributed by atoms with Gasteiger partial charge in [-0.1, -0.05) is 23.5 Å². The van der Waals surface area contributed by atoms with Crippen LogP contribution in [0.3, 0.4) is 0 Å². The van der Waals surface area contributed by atoms with Crippen molar-refractivity contribution in [1.29, 1.82) is 0 Å². The lowest BCUT2D eigenvalue weighted by Gasteiger charge is -2.50. The Labute approximate surface area is 511 Å². The second-order valence-electron chi connectivity index (χ2n) is 22.3. The number of carbonyl (C=O) groups excluding carboxylic acids is 2. The molecule has 0 spiro atoms. The number of ether oxygens (including phenoxy) is 14. The van der Waals surface area contributed by atoms with E-state index in [0.29, 0.717) is 23.5 Å². The van der Waals surface area contributed by atoms with Crippen LogP contribution in [-0.2, 0) is 66.3 Å². The molecule has 21 N–H and O–H groups in total. The van der Waals surface area contributed by atoms with Crippen molar-refractivity contribution in [2.45, 2.75) is 215 Å². The van der Waals surface area contributed by atoms with Crippen LogP contribution in [0.2, 0.25) is 0 Å². The monoisotopic (exact) mass is 1330 g/mol. The molecule has 0 aromatic heterocycles. The molecule has 1 aromatic rings. The van der Waals surface area contributed by atoms with Gasteiger partial charge < -0.3 is 174 Å². The topological polar surface area (TPSA) is 572 Å². The number of aliphatic hydroxyl groups is 19. The Hall–Kier alpha value is -2.46. The van der Waals surface area contributed by atoms with Gasteiger partial charge in [0, 0.05) is 22.9 Å². The van der Waals surface area contributed by atoms with Gasteiger partial charge in [0.25, 0.3) is 10.5 Å². The van der Waals surface area contributed by atoms with Crippen LogP contribution < -0.4 is 10.6 Å². The van der Waals surface area contributed by atoms with Crippen molar-refractivity contribution in [1.82, 2.24) is 0 Å². The van der Waals surface area contributed by atoms with Gasteiger partial charge in [0.05, 0.1) is 45.2 Å². The second kappa shape index (κ2) is 29.7. The molecule has 19 rings (SSSR count). The van der Waals surface area contributed by atoms with Gasteiger partial charge >= 0.3 is 0 Å². The molecule has 18 aliphatic rings. The average Bonchev–Trinajstić information content (AvgIpc) is 1.01. The molecule has 506 valence electrons. The number of hydrogen-bond acceptors (Lipinski definition) is 37. The van der Waals surface area contributed by atoms with Crippen LogP contribution in [0.4, 0.5) is 21.0 Å². The molecule has 0 radical (unpaired) electrons. The molecule has 16 bridgehead atoms. The predicted molar refractivity (Wildman–Crippen MR) is 284 cm³/mol. The van der Waals surface area contributed by atoms with E-state index in [0.717, 1.165) is 0 Å². The normalized spacial score (nSPS) is 50.6. The molecular formula is C50H74N2O35S2. The maximum absolute atomic E-state index is 13.6. The smallest absolute Gasteiger partial charge is 0.283 e. The molecule has 89 heavy (non-hydrogen) atoms. The largest absolute Gasteiger partial charge is 0.394 e. The number of benzene rings is 1. The summed E-state index contributed by atoms with van der Waals surface area (Å²) in [4.78, 5) is 27.3. The van der Waals surface area contributed by atoms with Crippen LogP contribution in [0.15, 0.2) is 24.3 Å². The molecule has 0 saturated carbocycles. The van der Waals surface area contributed by atoms with Crippen LogP contribution >= 0.6 is 23.5 Å². The standard InChI is InChI=1S/C50H74N2O35S2/c53-5-14-35-21(58)28(65)42(74-14)82-36-15(6-54)77-45(31(68)24(36)61)86-40-19-10-88-49(72)51-12-1-3-13(4-2-12)52-50(73)89-11-20-41(26(63)33(70)47(79-20)84-38-17(8-56)75-43(81-35)29(66)22(38)59)87-46-32(69)25(62)37(16(7-55)78-46)83-44-30(67)23(60)39(18(9-57)76-44)85-48(80-19)34(71)27(40)64/h1-4,14-48,53-71H,5-11H2,(H,51,72)(H,52,73)/t14-,15-,16-,17-,18-,19-,20-,21?,22?,23?,24?,25?,26?,27?,28?,29?,30?,31?,32?,33?,34?,35-,36-,37-,38-,39-,40-,41-,42-,43-,44-,45-,46-,47-,48-/m1/s1. The predicted octanol–water partition coefficient (Wildman–Crippen LogP) is -11.0. The number of thioether (sulfide) groups is 2. The van der Waals surface area contributed by atoms with Gasteiger partial charge in [0.1, 0.15) is 159 Å². The lowest BCUT2D eigenvalue weighted by atomic mass is 9.95. The van der Waals surface area contributed by atoms with E-state index >= 15 is 0 Å². The molecule has 18 aliphatic heterocycles. The Balaban J connectivity index is 1.03. The number of rotatable bonds is 5. The van der Waals surface area contributed by atoms with E-state index in [1.165, 1.54) is 24.3 Å². The van der Waals surface area contributed by atoms with E-state index in [-0.39, 0.29) is 11.4 Å². The number of aliphatic hydroxyl groups excluding tert-OH is 19. The number of carbonyl (C=O) groups is 2. The van der Waals surface area contributed by atoms with Gasteiger partial charge in [-0.05, 0) is 24.3 Å². The minimum absolute atomic E-state index is 0.139. The Morgan fingerprint density at radius 1 is 0.292 bits per heavy atom. The molecule has 37 nitrogen and oxygen atoms in total. The first-order valence-corrected chi connectivity index (χ1v) is 30.2. The highest BCUT2D eigenvalue weighted by molar-refractivity contribution is 8.14. The Morgan fingerprint density at radius 3 is 0.697 bits per heavy atom. The summed E-state index contributed by atoms with van der Waals surface area (Å²) >= 11 is 0.966. The minimum atomic E-state index is -2.26. The maximum Gasteiger partial charge on any atom is 0.283 e. The zero-order valence-electron chi connectivity index (χ0n) is 46.3. The number of amides is 2. The summed E-state index contributed by atoms with van der Waals surface area (Å²) in [5, 5.41) is 219. The van der Waals surface area contributed by atoms with E-state index < -0.39 is 270 Å². The molecule has 0 aliphatic carbocycles. The fourth-order valence-corrected chi connectivity index (χ4v) is 13.2. The number of fused-ring (bicyclic) bond motifs is 3. The highest BCUT2D eigenvalue weighted by Crippen LogP contribution is 2.40. The first-order valence-electron chi connectivity index (χ1n) is 28.2. The fourth-order valence-electron chi connectivity index (χ4n) is 11.7. The van der Waals surface area contributed by atoms with E-state index in [1.54, 1.807) is 0 Å². The van der Waals surface area contributed by atoms with Crippen molar-refractivity contribution >= 4 is 45.4 Å². The van der Waals surface area contributed by atoms with E-state index in [2.05, 4.69) is 10.6 Å². The molecule has 14 unspecified atom stereocenters. The van der Waals surface area contributed by atoms with Crippen LogP contribution in [0.5, 0.6) is 0 Å². The molecule has 2 amide bonds. The number of nitrogens with one attached hydrogen (secondary N) is 2. The highest BCUT2D eigenvalue weighted by Gasteiger charge is 2.60. The molecule has 39 heteroatoms. The van der Waals surface area contributed by atoms with E-state index in [4.69, 9.17) is 66.3 Å². The van der Waals surface area contributed by atoms with Gasteiger partial charge in [-0.25, -0.2) is 0 Å². The van der Waals surface area contributed by atoms with Crippen LogP contribution in [0, 0.1) is 0 Å². The zero-order chi connectivity index (χ0) is 64.0. The first-order chi connectivity index (χ1) is 42.5. The number of hydrogen-bond donors (Lipinski definition) is 21. The lowest BCUT2D eigenvalue weighted by Crippen LogP contribution is -2.68. The zero-order valence-corrected chi connectivity index (χ0v) is 47.9. The van der Waals surface area contributed by atoms with E-state index in [9.17, 15) is 107 Å².